The number of carbonyl (C=O) groups excluding carboxylic acids is 1. The Balaban J connectivity index is 1.51. The van der Waals surface area contributed by atoms with Crippen LogP contribution >= 0.6 is 11.3 Å². The monoisotopic (exact) mass is 432 g/mol. The summed E-state index contributed by atoms with van der Waals surface area (Å²) in [6.07, 6.45) is 4.02. The predicted octanol–water partition coefficient (Wildman–Crippen LogP) is 4.93. The number of benzene rings is 1. The molecule has 4 rings (SSSR count). The molecule has 0 saturated carbocycles. The number of thiophene rings is 1. The van der Waals surface area contributed by atoms with E-state index in [9.17, 15) is 9.18 Å². The van der Waals surface area contributed by atoms with Crippen LogP contribution in [0.15, 0.2) is 78.4 Å². The molecule has 0 fully saturated rings. The van der Waals surface area contributed by atoms with Crippen molar-refractivity contribution in [3.8, 4) is 10.6 Å². The molecule has 3 heterocycles. The van der Waals surface area contributed by atoms with Gasteiger partial charge in [0.1, 0.15) is 11.6 Å². The van der Waals surface area contributed by atoms with Crippen molar-refractivity contribution >= 4 is 23.1 Å². The first-order chi connectivity index (χ1) is 15.2. The van der Waals surface area contributed by atoms with Gasteiger partial charge in [-0.15, -0.1) is 11.3 Å². The summed E-state index contributed by atoms with van der Waals surface area (Å²) in [5.74, 6) is 0.0270. The number of carbonyl (C=O) groups is 1. The first-order valence-electron chi connectivity index (χ1n) is 9.89. The average molecular weight is 433 g/mol. The van der Waals surface area contributed by atoms with E-state index in [4.69, 9.17) is 4.98 Å². The molecule has 31 heavy (non-hydrogen) atoms. The third-order valence-corrected chi connectivity index (χ3v) is 5.58. The maximum Gasteiger partial charge on any atom is 0.255 e. The van der Waals surface area contributed by atoms with Crippen LogP contribution in [0.2, 0.25) is 0 Å². The first kappa shape index (κ1) is 20.7. The van der Waals surface area contributed by atoms with Gasteiger partial charge in [0.2, 0.25) is 0 Å². The van der Waals surface area contributed by atoms with Gasteiger partial charge in [0.25, 0.3) is 5.91 Å². The molecule has 0 aliphatic rings. The van der Waals surface area contributed by atoms with Gasteiger partial charge >= 0.3 is 0 Å². The average Bonchev–Trinajstić information content (AvgIpc) is 3.33. The minimum atomic E-state index is -0.259. The highest BCUT2D eigenvalue weighted by molar-refractivity contribution is 7.13. The van der Waals surface area contributed by atoms with Crippen molar-refractivity contribution in [3.05, 3.63) is 101 Å². The summed E-state index contributed by atoms with van der Waals surface area (Å²) >= 11 is 1.59. The topological polar surface area (TPSA) is 66.9 Å². The van der Waals surface area contributed by atoms with Gasteiger partial charge in [-0.25, -0.2) is 9.37 Å². The number of amides is 1. The molecule has 5 nitrogen and oxygen atoms in total. The number of nitrogens with zero attached hydrogens (tertiary/aromatic N) is 2. The van der Waals surface area contributed by atoms with Crippen LogP contribution in [0.5, 0.6) is 0 Å². The number of nitrogens with one attached hydrogen (secondary N) is 2. The number of hydrogen-bond acceptors (Lipinski definition) is 5. The summed E-state index contributed by atoms with van der Waals surface area (Å²) in [5, 5.41) is 8.17. The van der Waals surface area contributed by atoms with Crippen molar-refractivity contribution in [1.29, 1.82) is 0 Å². The maximum absolute atomic E-state index is 13.4. The fourth-order valence-corrected chi connectivity index (χ4v) is 3.83. The van der Waals surface area contributed by atoms with Crippen LogP contribution < -0.4 is 10.6 Å². The van der Waals surface area contributed by atoms with E-state index in [0.29, 0.717) is 30.9 Å². The molecule has 1 aromatic carbocycles. The number of rotatable bonds is 8. The number of anilines is 1. The summed E-state index contributed by atoms with van der Waals surface area (Å²) in [5.41, 5.74) is 3.06. The molecule has 0 aliphatic heterocycles. The van der Waals surface area contributed by atoms with Crippen LogP contribution in [0.4, 0.5) is 10.2 Å². The molecule has 2 N–H and O–H groups in total. The smallest absolute Gasteiger partial charge is 0.255 e. The second kappa shape index (κ2) is 9.95. The maximum atomic E-state index is 13.4. The van der Waals surface area contributed by atoms with E-state index in [1.54, 1.807) is 35.9 Å². The minimum absolute atomic E-state index is 0.220. The van der Waals surface area contributed by atoms with Crippen molar-refractivity contribution < 1.29 is 9.18 Å². The molecule has 3 aromatic heterocycles. The Morgan fingerprint density at radius 1 is 1.03 bits per heavy atom. The quantitative estimate of drug-likeness (QED) is 0.414. The highest BCUT2D eigenvalue weighted by Gasteiger charge is 2.15. The molecule has 1 amide bonds. The lowest BCUT2D eigenvalue weighted by molar-refractivity contribution is 0.0951. The Kier molecular flexibility index (Phi) is 6.64. The molecule has 156 valence electrons. The Morgan fingerprint density at radius 3 is 2.71 bits per heavy atom. The third-order valence-electron chi connectivity index (χ3n) is 4.68. The van der Waals surface area contributed by atoms with Crippen molar-refractivity contribution in [2.75, 3.05) is 11.9 Å². The molecule has 7 heteroatoms. The number of hydrogen-bond donors (Lipinski definition) is 2. The lowest BCUT2D eigenvalue weighted by Gasteiger charge is -2.13. The Labute approximate surface area is 184 Å². The van der Waals surface area contributed by atoms with E-state index in [-0.39, 0.29) is 11.7 Å². The zero-order valence-electron chi connectivity index (χ0n) is 16.7. The van der Waals surface area contributed by atoms with Gasteiger partial charge in [0.15, 0.2) is 0 Å². The molecule has 0 radical (unpaired) electrons. The fourth-order valence-electron chi connectivity index (χ4n) is 3.14. The fraction of sp³-hybridized carbons (Fsp3) is 0.125. The van der Waals surface area contributed by atoms with Crippen molar-refractivity contribution in [2.45, 2.75) is 13.0 Å². The van der Waals surface area contributed by atoms with Gasteiger partial charge in [-0.2, -0.15) is 0 Å². The molecule has 0 aliphatic carbocycles. The molecule has 0 bridgehead atoms. The Bertz CT molecular complexity index is 1150. The number of halogens is 1. The summed E-state index contributed by atoms with van der Waals surface area (Å²) in [4.78, 5) is 22.6. The van der Waals surface area contributed by atoms with E-state index in [0.717, 1.165) is 21.7 Å². The first-order valence-corrected chi connectivity index (χ1v) is 10.8. The minimum Gasteiger partial charge on any atom is -0.369 e. The summed E-state index contributed by atoms with van der Waals surface area (Å²) in [6, 6.07) is 17.8. The second-order valence-corrected chi connectivity index (χ2v) is 7.87. The predicted molar refractivity (Wildman–Crippen MR) is 122 cm³/mol. The lowest BCUT2D eigenvalue weighted by Crippen LogP contribution is -2.24. The Morgan fingerprint density at radius 2 is 1.94 bits per heavy atom. The van der Waals surface area contributed by atoms with Crippen molar-refractivity contribution in [1.82, 2.24) is 15.3 Å². The molecule has 0 atom stereocenters. The summed E-state index contributed by atoms with van der Waals surface area (Å²) in [7, 11) is 0. The van der Waals surface area contributed by atoms with Gasteiger partial charge in [-0.3, -0.25) is 9.78 Å². The molecular formula is C24H21FN4OS. The van der Waals surface area contributed by atoms with E-state index in [1.165, 1.54) is 12.1 Å². The van der Waals surface area contributed by atoms with E-state index in [2.05, 4.69) is 15.6 Å². The zero-order chi connectivity index (χ0) is 21.5. The summed E-state index contributed by atoms with van der Waals surface area (Å²) < 4.78 is 13.4. The van der Waals surface area contributed by atoms with Crippen LogP contribution in [-0.4, -0.2) is 22.4 Å². The summed E-state index contributed by atoms with van der Waals surface area (Å²) in [6.45, 7) is 0.898. The number of pyridine rings is 2. The van der Waals surface area contributed by atoms with Crippen molar-refractivity contribution in [3.63, 3.8) is 0 Å². The van der Waals surface area contributed by atoms with Gasteiger partial charge in [0, 0.05) is 25.5 Å². The normalized spacial score (nSPS) is 10.6. The largest absolute Gasteiger partial charge is 0.369 e. The van der Waals surface area contributed by atoms with Crippen LogP contribution in [0.25, 0.3) is 10.6 Å². The zero-order valence-corrected chi connectivity index (χ0v) is 17.5. The van der Waals surface area contributed by atoms with Gasteiger partial charge < -0.3 is 10.6 Å². The third kappa shape index (κ3) is 5.52. The molecule has 0 spiro atoms. The van der Waals surface area contributed by atoms with Crippen molar-refractivity contribution in [2.24, 2.45) is 0 Å². The molecular weight excluding hydrogens is 411 g/mol. The van der Waals surface area contributed by atoms with E-state index in [1.807, 2.05) is 41.8 Å². The SMILES string of the molecule is O=C(NCc1cccnc1)c1ccc(-c2cccs2)nc1NCCc1cccc(F)c1. The molecule has 4 aromatic rings. The van der Waals surface area contributed by atoms with E-state index >= 15 is 0 Å². The van der Waals surface area contributed by atoms with Crippen LogP contribution in [0.3, 0.4) is 0 Å². The standard InChI is InChI=1S/C24H21FN4OS/c25-19-6-1-4-17(14-19)10-12-27-23-20(8-9-21(29-23)22-7-3-13-31-22)24(30)28-16-18-5-2-11-26-15-18/h1-9,11,13-15H,10,12,16H2,(H,27,29)(H,28,30). The van der Waals surface area contributed by atoms with Crippen LogP contribution in [0, 0.1) is 5.82 Å². The Hall–Kier alpha value is -3.58. The number of aromatic nitrogens is 2. The van der Waals surface area contributed by atoms with E-state index < -0.39 is 0 Å². The van der Waals surface area contributed by atoms with Gasteiger partial charge in [-0.05, 0) is 59.3 Å². The van der Waals surface area contributed by atoms with Crippen LogP contribution in [0.1, 0.15) is 21.5 Å². The van der Waals surface area contributed by atoms with Crippen LogP contribution in [-0.2, 0) is 13.0 Å². The lowest BCUT2D eigenvalue weighted by atomic mass is 10.1. The molecule has 0 unspecified atom stereocenters. The van der Waals surface area contributed by atoms with Gasteiger partial charge in [-0.1, -0.05) is 24.3 Å². The van der Waals surface area contributed by atoms with Gasteiger partial charge in [0.05, 0.1) is 16.1 Å². The second-order valence-electron chi connectivity index (χ2n) is 6.92. The highest BCUT2D eigenvalue weighted by Crippen LogP contribution is 2.26. The highest BCUT2D eigenvalue weighted by atomic mass is 32.1. The molecule has 0 saturated heterocycles.